The minimum Gasteiger partial charge on any atom is -0.250 e. The van der Waals surface area contributed by atoms with Crippen LogP contribution in [0.5, 0.6) is 0 Å². The molecule has 3 N–H and O–H groups in total. The van der Waals surface area contributed by atoms with E-state index in [2.05, 4.69) is 9.71 Å². The van der Waals surface area contributed by atoms with Crippen LogP contribution in [0.2, 0.25) is 5.02 Å². The molecule has 0 fully saturated rings. The SMILES string of the molecule is CC(C)(C/N=C(/NS(=O)(=O)c1ccc(Cl)cc1)N1C[C@@H](c2ccccc2)C(c2ccc(F)cc2)=N1)CS(N)(=O)=O. The van der Waals surface area contributed by atoms with Crippen LogP contribution in [0.15, 0.2) is 93.9 Å². The molecule has 0 saturated carbocycles. The Kier molecular flexibility index (Phi) is 8.64. The number of sulfonamides is 2. The number of benzene rings is 3. The molecule has 1 atom stereocenters. The van der Waals surface area contributed by atoms with E-state index in [1.807, 2.05) is 30.3 Å². The van der Waals surface area contributed by atoms with Gasteiger partial charge in [-0.1, -0.05) is 67.9 Å². The Morgan fingerprint density at radius 1 is 1.05 bits per heavy atom. The maximum absolute atomic E-state index is 13.7. The number of aliphatic imine (C=N–C) groups is 1. The smallest absolute Gasteiger partial charge is 0.250 e. The van der Waals surface area contributed by atoms with Gasteiger partial charge in [0.05, 0.1) is 22.9 Å². The second-order valence-corrected chi connectivity index (χ2v) is 13.9. The predicted octanol–water partition coefficient (Wildman–Crippen LogP) is 3.93. The van der Waals surface area contributed by atoms with Crippen LogP contribution in [0.25, 0.3) is 0 Å². The first-order valence-corrected chi connectivity index (χ1v) is 15.8. The lowest BCUT2D eigenvalue weighted by molar-refractivity contribution is 0.413. The Hall–Kier alpha value is -3.32. The normalized spacial score (nSPS) is 16.6. The van der Waals surface area contributed by atoms with E-state index in [0.29, 0.717) is 16.3 Å². The zero-order valence-corrected chi connectivity index (χ0v) is 24.2. The lowest BCUT2D eigenvalue weighted by atomic mass is 9.91. The van der Waals surface area contributed by atoms with Crippen molar-refractivity contribution in [3.05, 3.63) is 101 Å². The van der Waals surface area contributed by atoms with E-state index < -0.39 is 31.3 Å². The largest absolute Gasteiger partial charge is 0.264 e. The highest BCUT2D eigenvalue weighted by Gasteiger charge is 2.34. The van der Waals surface area contributed by atoms with Crippen LogP contribution in [0.3, 0.4) is 0 Å². The van der Waals surface area contributed by atoms with Gasteiger partial charge >= 0.3 is 0 Å². The summed E-state index contributed by atoms with van der Waals surface area (Å²) < 4.78 is 66.4. The number of nitrogens with two attached hydrogens (primary N) is 1. The maximum Gasteiger partial charge on any atom is 0.264 e. The summed E-state index contributed by atoms with van der Waals surface area (Å²) in [5, 5.41) is 11.8. The van der Waals surface area contributed by atoms with Crippen molar-refractivity contribution in [1.82, 2.24) is 9.73 Å². The van der Waals surface area contributed by atoms with E-state index >= 15 is 0 Å². The molecule has 0 bridgehead atoms. The van der Waals surface area contributed by atoms with Crippen LogP contribution in [0, 0.1) is 11.2 Å². The summed E-state index contributed by atoms with van der Waals surface area (Å²) in [6.45, 7) is 3.47. The summed E-state index contributed by atoms with van der Waals surface area (Å²) in [6.07, 6.45) is 0. The Labute approximate surface area is 238 Å². The lowest BCUT2D eigenvalue weighted by Gasteiger charge is -2.24. The topological polar surface area (TPSA) is 134 Å². The van der Waals surface area contributed by atoms with Crippen molar-refractivity contribution < 1.29 is 21.2 Å². The van der Waals surface area contributed by atoms with Crippen molar-refractivity contribution in [2.45, 2.75) is 24.7 Å². The summed E-state index contributed by atoms with van der Waals surface area (Å²) in [6, 6.07) is 21.0. The van der Waals surface area contributed by atoms with Crippen molar-refractivity contribution in [2.24, 2.45) is 20.6 Å². The average Bonchev–Trinajstić information content (AvgIpc) is 3.32. The molecular weight excluding hydrogens is 577 g/mol. The molecule has 0 unspecified atom stereocenters. The van der Waals surface area contributed by atoms with E-state index in [1.165, 1.54) is 41.4 Å². The number of nitrogens with one attached hydrogen (secondary N) is 1. The number of halogens is 2. The average molecular weight is 606 g/mol. The lowest BCUT2D eigenvalue weighted by Crippen LogP contribution is -2.42. The quantitative estimate of drug-likeness (QED) is 0.296. The number of nitrogens with zero attached hydrogens (tertiary/aromatic N) is 3. The third-order valence-corrected chi connectivity index (χ3v) is 8.88. The first-order chi connectivity index (χ1) is 18.7. The van der Waals surface area contributed by atoms with Crippen LogP contribution >= 0.6 is 11.6 Å². The van der Waals surface area contributed by atoms with Crippen LogP contribution in [-0.4, -0.2) is 52.4 Å². The van der Waals surface area contributed by atoms with Gasteiger partial charge in [0, 0.05) is 17.5 Å². The van der Waals surface area contributed by atoms with Gasteiger partial charge in [0.1, 0.15) is 5.82 Å². The first kappa shape index (κ1) is 29.7. The van der Waals surface area contributed by atoms with Gasteiger partial charge in [-0.15, -0.1) is 0 Å². The molecular formula is C27H29ClFN5O4S2. The molecule has 0 aliphatic carbocycles. The highest BCUT2D eigenvalue weighted by atomic mass is 35.5. The van der Waals surface area contributed by atoms with Crippen LogP contribution < -0.4 is 9.86 Å². The molecule has 0 spiro atoms. The van der Waals surface area contributed by atoms with E-state index in [9.17, 15) is 21.2 Å². The third-order valence-electron chi connectivity index (χ3n) is 6.10. The highest BCUT2D eigenvalue weighted by Crippen LogP contribution is 2.29. The van der Waals surface area contributed by atoms with Crippen molar-refractivity contribution >= 4 is 43.3 Å². The molecule has 3 aromatic rings. The number of primary sulfonamides is 1. The minimum atomic E-state index is -4.13. The number of hydrazone groups is 1. The Bertz CT molecular complexity index is 1630. The van der Waals surface area contributed by atoms with Crippen molar-refractivity contribution in [3.8, 4) is 0 Å². The van der Waals surface area contributed by atoms with E-state index in [1.54, 1.807) is 26.0 Å². The monoisotopic (exact) mass is 605 g/mol. The van der Waals surface area contributed by atoms with Gasteiger partial charge < -0.3 is 0 Å². The molecule has 9 nitrogen and oxygen atoms in total. The molecule has 13 heteroatoms. The van der Waals surface area contributed by atoms with Crippen LogP contribution in [-0.2, 0) is 20.0 Å². The third kappa shape index (κ3) is 7.66. The summed E-state index contributed by atoms with van der Waals surface area (Å²) in [5.41, 5.74) is 1.26. The molecule has 1 aliphatic rings. The van der Waals surface area contributed by atoms with Gasteiger partial charge in [0.25, 0.3) is 10.0 Å². The molecule has 4 rings (SSSR count). The Morgan fingerprint density at radius 3 is 2.27 bits per heavy atom. The molecule has 3 aromatic carbocycles. The Balaban J connectivity index is 1.76. The number of guanidine groups is 1. The van der Waals surface area contributed by atoms with Gasteiger partial charge in [-0.3, -0.25) is 4.99 Å². The molecule has 0 radical (unpaired) electrons. The summed E-state index contributed by atoms with van der Waals surface area (Å²) >= 11 is 5.93. The van der Waals surface area contributed by atoms with Gasteiger partial charge in [0.15, 0.2) is 0 Å². The van der Waals surface area contributed by atoms with Gasteiger partial charge in [-0.25, -0.2) is 36.1 Å². The standard InChI is InChI=1S/C27H29ClFN5O4S2/c1-27(2,18-39(30,35)36)17-31-26(33-40(37,38)23-14-10-21(28)11-15-23)34-16-24(19-6-4-3-5-7-19)25(32-34)20-8-12-22(29)13-9-20/h3-15,24H,16-18H2,1-2H3,(H,31,33)(H2,30,35,36)/t24-/m0/s1. The van der Waals surface area contributed by atoms with Crippen LogP contribution in [0.4, 0.5) is 4.39 Å². The van der Waals surface area contributed by atoms with Crippen molar-refractivity contribution in [3.63, 3.8) is 0 Å². The zero-order chi connectivity index (χ0) is 29.1. The van der Waals surface area contributed by atoms with Crippen molar-refractivity contribution in [2.75, 3.05) is 18.8 Å². The second kappa shape index (κ2) is 11.7. The molecule has 0 saturated heterocycles. The van der Waals surface area contributed by atoms with E-state index in [4.69, 9.17) is 21.8 Å². The summed E-state index contributed by atoms with van der Waals surface area (Å²) in [7, 11) is -7.95. The number of rotatable bonds is 8. The van der Waals surface area contributed by atoms with Gasteiger partial charge in [0.2, 0.25) is 16.0 Å². The first-order valence-electron chi connectivity index (χ1n) is 12.2. The Morgan fingerprint density at radius 2 is 1.68 bits per heavy atom. The van der Waals surface area contributed by atoms with Gasteiger partial charge in [-0.05, 0) is 52.9 Å². The molecule has 40 heavy (non-hydrogen) atoms. The summed E-state index contributed by atoms with van der Waals surface area (Å²) in [5.74, 6) is -1.16. The molecule has 212 valence electrons. The highest BCUT2D eigenvalue weighted by molar-refractivity contribution is 7.90. The molecule has 1 aliphatic heterocycles. The van der Waals surface area contributed by atoms with E-state index in [0.717, 1.165) is 5.56 Å². The summed E-state index contributed by atoms with van der Waals surface area (Å²) in [4.78, 5) is 4.45. The fraction of sp³-hybridized carbons (Fsp3) is 0.259. The minimum absolute atomic E-state index is 0.0464. The second-order valence-electron chi connectivity index (χ2n) is 10.2. The van der Waals surface area contributed by atoms with Gasteiger partial charge in [-0.2, -0.15) is 5.10 Å². The van der Waals surface area contributed by atoms with Crippen molar-refractivity contribution in [1.29, 1.82) is 0 Å². The fourth-order valence-corrected chi connectivity index (χ4v) is 6.63. The van der Waals surface area contributed by atoms with Crippen LogP contribution in [0.1, 0.15) is 30.9 Å². The molecule has 0 amide bonds. The fourth-order valence-electron chi connectivity index (χ4n) is 4.30. The number of hydrogen-bond acceptors (Lipinski definition) is 6. The molecule has 0 aromatic heterocycles. The number of hydrogen-bond donors (Lipinski definition) is 2. The predicted molar refractivity (Wildman–Crippen MR) is 155 cm³/mol. The zero-order valence-electron chi connectivity index (χ0n) is 21.8. The molecule has 1 heterocycles. The van der Waals surface area contributed by atoms with E-state index in [-0.39, 0.29) is 35.6 Å². The maximum atomic E-state index is 13.7.